The van der Waals surface area contributed by atoms with Crippen molar-refractivity contribution in [1.29, 1.82) is 0 Å². The number of aryl methyl sites for hydroxylation is 1. The van der Waals surface area contributed by atoms with Crippen LogP contribution in [0.4, 0.5) is 13.2 Å². The molecule has 6 heteroatoms. The Bertz CT molecular complexity index is 308. The lowest BCUT2D eigenvalue weighted by Gasteiger charge is -2.01. The van der Waals surface area contributed by atoms with Crippen molar-refractivity contribution in [2.24, 2.45) is 0 Å². The fourth-order valence-corrected chi connectivity index (χ4v) is 0.676. The highest BCUT2D eigenvalue weighted by Gasteiger charge is 2.35. The maximum absolute atomic E-state index is 11.8. The Morgan fingerprint density at radius 1 is 1.45 bits per heavy atom. The zero-order valence-corrected chi connectivity index (χ0v) is 5.45. The summed E-state index contributed by atoms with van der Waals surface area (Å²) in [5, 5.41) is 0. The largest absolute Gasteiger partial charge is 0.434 e. The molecule has 62 valence electrons. The van der Waals surface area contributed by atoms with Crippen LogP contribution >= 0.6 is 0 Å². The van der Waals surface area contributed by atoms with Gasteiger partial charge < -0.3 is 4.42 Å². The molecule has 1 aromatic heterocycles. The highest BCUT2D eigenvalue weighted by molar-refractivity contribution is 5.08. The minimum absolute atomic E-state index is 0.442. The van der Waals surface area contributed by atoms with E-state index >= 15 is 0 Å². The number of oxazole rings is 1. The van der Waals surface area contributed by atoms with E-state index in [9.17, 15) is 18.0 Å². The van der Waals surface area contributed by atoms with Gasteiger partial charge in [-0.3, -0.25) is 4.98 Å². The summed E-state index contributed by atoms with van der Waals surface area (Å²) in [6, 6.07) is 0. The molecule has 0 amide bonds. The van der Waals surface area contributed by atoms with Crippen LogP contribution in [0.5, 0.6) is 0 Å². The van der Waals surface area contributed by atoms with Crippen LogP contribution in [0.2, 0.25) is 0 Å². The van der Waals surface area contributed by atoms with Crippen molar-refractivity contribution in [1.82, 2.24) is 4.98 Å². The summed E-state index contributed by atoms with van der Waals surface area (Å²) in [6.07, 6.45) is -4.55. The van der Waals surface area contributed by atoms with Gasteiger partial charge in [-0.25, -0.2) is 4.79 Å². The number of nitrogens with one attached hydrogen (secondary N) is 1. The lowest BCUT2D eigenvalue weighted by atomic mass is 10.4. The number of hydrogen-bond acceptors (Lipinski definition) is 2. The first-order valence-electron chi connectivity index (χ1n) is 2.68. The van der Waals surface area contributed by atoms with Crippen LogP contribution in [-0.2, 0) is 6.18 Å². The molecule has 0 atom stereocenters. The maximum Gasteiger partial charge on any atom is 0.434 e. The van der Waals surface area contributed by atoms with Crippen molar-refractivity contribution in [3.8, 4) is 0 Å². The fourth-order valence-electron chi connectivity index (χ4n) is 0.676. The van der Waals surface area contributed by atoms with Crippen molar-refractivity contribution in [2.75, 3.05) is 0 Å². The lowest BCUT2D eigenvalue weighted by Crippen LogP contribution is -2.09. The predicted octanol–water partition coefficient (Wildman–Crippen LogP) is 1.30. The van der Waals surface area contributed by atoms with Crippen LogP contribution in [-0.4, -0.2) is 4.98 Å². The summed E-state index contributed by atoms with van der Waals surface area (Å²) in [7, 11) is 0. The molecule has 1 aromatic rings. The monoisotopic (exact) mass is 167 g/mol. The molecule has 0 unspecified atom stereocenters. The Labute approximate surface area is 58.8 Å². The topological polar surface area (TPSA) is 46.0 Å². The van der Waals surface area contributed by atoms with Gasteiger partial charge in [0.25, 0.3) is 0 Å². The molecular weight excluding hydrogens is 163 g/mol. The average molecular weight is 167 g/mol. The molecule has 1 rings (SSSR count). The van der Waals surface area contributed by atoms with Gasteiger partial charge >= 0.3 is 11.9 Å². The van der Waals surface area contributed by atoms with Gasteiger partial charge in [0, 0.05) is 0 Å². The molecule has 0 saturated heterocycles. The normalized spacial score (nSPS) is 12.0. The number of halogens is 3. The van der Waals surface area contributed by atoms with E-state index in [1.165, 1.54) is 4.98 Å². The zero-order chi connectivity index (χ0) is 8.65. The maximum atomic E-state index is 11.8. The van der Waals surface area contributed by atoms with E-state index in [0.29, 0.717) is 0 Å². The number of H-pyrrole nitrogens is 1. The molecule has 0 aliphatic heterocycles. The Hall–Kier alpha value is -1.20. The van der Waals surface area contributed by atoms with Gasteiger partial charge in [-0.1, -0.05) is 0 Å². The van der Waals surface area contributed by atoms with E-state index < -0.39 is 23.4 Å². The first-order valence-corrected chi connectivity index (χ1v) is 2.68. The third kappa shape index (κ3) is 1.44. The smallest absolute Gasteiger partial charge is 0.413 e. The summed E-state index contributed by atoms with van der Waals surface area (Å²) in [5.74, 6) is -1.53. The SMILES string of the molecule is Cc1oc(=O)[nH]c1C(F)(F)F. The number of alkyl halides is 3. The molecule has 0 aliphatic rings. The predicted molar refractivity (Wildman–Crippen MR) is 29.1 cm³/mol. The summed E-state index contributed by atoms with van der Waals surface area (Å²) < 4.78 is 39.6. The van der Waals surface area contributed by atoms with Gasteiger partial charge in [0.1, 0.15) is 5.76 Å². The molecule has 1 heterocycles. The van der Waals surface area contributed by atoms with Crippen LogP contribution in [0.15, 0.2) is 9.21 Å². The molecule has 0 spiro atoms. The average Bonchev–Trinajstić information content (AvgIpc) is 2.08. The number of aromatic amines is 1. The van der Waals surface area contributed by atoms with Crippen LogP contribution in [0, 0.1) is 6.92 Å². The first-order chi connectivity index (χ1) is 4.91. The summed E-state index contributed by atoms with van der Waals surface area (Å²) in [6.45, 7) is 1.07. The third-order valence-corrected chi connectivity index (χ3v) is 1.11. The zero-order valence-electron chi connectivity index (χ0n) is 5.45. The van der Waals surface area contributed by atoms with E-state index in [1.807, 2.05) is 0 Å². The van der Waals surface area contributed by atoms with E-state index in [4.69, 9.17) is 0 Å². The second kappa shape index (κ2) is 2.14. The van der Waals surface area contributed by atoms with E-state index in [0.717, 1.165) is 6.92 Å². The van der Waals surface area contributed by atoms with Crippen LogP contribution in [0.25, 0.3) is 0 Å². The molecule has 0 aromatic carbocycles. The van der Waals surface area contributed by atoms with Crippen molar-refractivity contribution in [3.05, 3.63) is 22.0 Å². The second-order valence-corrected chi connectivity index (χ2v) is 1.94. The van der Waals surface area contributed by atoms with Crippen molar-refractivity contribution in [2.45, 2.75) is 13.1 Å². The van der Waals surface area contributed by atoms with Crippen LogP contribution < -0.4 is 5.76 Å². The number of rotatable bonds is 0. The van der Waals surface area contributed by atoms with E-state index in [2.05, 4.69) is 4.42 Å². The molecule has 0 bridgehead atoms. The van der Waals surface area contributed by atoms with Gasteiger partial charge in [0.15, 0.2) is 5.69 Å². The summed E-state index contributed by atoms with van der Waals surface area (Å²) >= 11 is 0. The molecular formula is C5H4F3NO2. The molecule has 3 nitrogen and oxygen atoms in total. The van der Waals surface area contributed by atoms with Gasteiger partial charge in [-0.05, 0) is 6.92 Å². The van der Waals surface area contributed by atoms with Crippen molar-refractivity contribution >= 4 is 0 Å². The second-order valence-electron chi connectivity index (χ2n) is 1.94. The van der Waals surface area contributed by atoms with Crippen molar-refractivity contribution < 1.29 is 17.6 Å². The number of aromatic nitrogens is 1. The number of hydrogen-bond donors (Lipinski definition) is 1. The molecule has 1 N–H and O–H groups in total. The molecule has 0 fully saturated rings. The minimum Gasteiger partial charge on any atom is -0.413 e. The minimum atomic E-state index is -4.55. The Morgan fingerprint density at radius 3 is 2.18 bits per heavy atom. The van der Waals surface area contributed by atoms with Gasteiger partial charge in [0.2, 0.25) is 0 Å². The highest BCUT2D eigenvalue weighted by Crippen LogP contribution is 2.28. The van der Waals surface area contributed by atoms with Crippen molar-refractivity contribution in [3.63, 3.8) is 0 Å². The quantitative estimate of drug-likeness (QED) is 0.632. The Kier molecular flexibility index (Phi) is 1.54. The lowest BCUT2D eigenvalue weighted by molar-refractivity contribution is -0.141. The highest BCUT2D eigenvalue weighted by atomic mass is 19.4. The van der Waals surface area contributed by atoms with Crippen LogP contribution in [0.3, 0.4) is 0 Å². The Balaban J connectivity index is 3.24. The first kappa shape index (κ1) is 7.90. The standard InChI is InChI=1S/C5H4F3NO2/c1-2-3(5(6,7)8)9-4(10)11-2/h1H3,(H,9,10). The third-order valence-electron chi connectivity index (χ3n) is 1.11. The molecule has 0 aliphatic carbocycles. The van der Waals surface area contributed by atoms with E-state index in [-0.39, 0.29) is 0 Å². The van der Waals surface area contributed by atoms with Crippen LogP contribution in [0.1, 0.15) is 11.5 Å². The van der Waals surface area contributed by atoms with Gasteiger partial charge in [-0.15, -0.1) is 0 Å². The molecule has 0 radical (unpaired) electrons. The Morgan fingerprint density at radius 2 is 2.00 bits per heavy atom. The molecule has 11 heavy (non-hydrogen) atoms. The summed E-state index contributed by atoms with van der Waals surface area (Å²) in [5.41, 5.74) is -1.12. The fraction of sp³-hybridized carbons (Fsp3) is 0.400. The summed E-state index contributed by atoms with van der Waals surface area (Å²) in [4.78, 5) is 11.8. The van der Waals surface area contributed by atoms with Gasteiger partial charge in [0.05, 0.1) is 0 Å². The van der Waals surface area contributed by atoms with Gasteiger partial charge in [-0.2, -0.15) is 13.2 Å². The van der Waals surface area contributed by atoms with E-state index in [1.54, 1.807) is 0 Å². The molecule has 0 saturated carbocycles.